The fourth-order valence-electron chi connectivity index (χ4n) is 6.06. The van der Waals surface area contributed by atoms with E-state index in [9.17, 15) is 44.6 Å². The highest BCUT2D eigenvalue weighted by Gasteiger charge is 2.51. The summed E-state index contributed by atoms with van der Waals surface area (Å²) in [6.45, 7) is 3.20. The zero-order valence-corrected chi connectivity index (χ0v) is 34.4. The first-order valence-electron chi connectivity index (χ1n) is 20.8. The van der Waals surface area contributed by atoms with Crippen molar-refractivity contribution in [2.45, 2.75) is 198 Å². The summed E-state index contributed by atoms with van der Waals surface area (Å²) in [5.74, 6) is -1.15. The average molecular weight is 805 g/mol. The van der Waals surface area contributed by atoms with Gasteiger partial charge in [-0.15, -0.1) is 0 Å². The second kappa shape index (κ2) is 32.1. The molecule has 0 aromatic heterocycles. The number of hydrogen-bond acceptors (Lipinski definition) is 12. The van der Waals surface area contributed by atoms with Crippen LogP contribution in [0.3, 0.4) is 0 Å². The Morgan fingerprint density at radius 3 is 1.53 bits per heavy atom. The molecule has 55 heavy (non-hydrogen) atoms. The molecule has 0 heterocycles. The number of phosphoric acid groups is 1. The van der Waals surface area contributed by atoms with Crippen LogP contribution in [0, 0.1) is 0 Å². The largest absolute Gasteiger partial charge is 0.472 e. The van der Waals surface area contributed by atoms with Crippen molar-refractivity contribution in [2.75, 3.05) is 13.2 Å². The van der Waals surface area contributed by atoms with E-state index >= 15 is 0 Å². The smallest absolute Gasteiger partial charge is 0.462 e. The molecular weight excluding hydrogens is 731 g/mol. The molecule has 1 saturated carbocycles. The second-order valence-electron chi connectivity index (χ2n) is 14.5. The van der Waals surface area contributed by atoms with Crippen molar-refractivity contribution in [3.8, 4) is 0 Å². The number of rotatable bonds is 33. The predicted molar refractivity (Wildman–Crippen MR) is 212 cm³/mol. The molecule has 0 aliphatic heterocycles. The molecule has 0 aromatic carbocycles. The molecule has 1 fully saturated rings. The molecule has 8 atom stereocenters. The molecule has 1 rings (SSSR count). The van der Waals surface area contributed by atoms with Crippen molar-refractivity contribution in [2.24, 2.45) is 0 Å². The van der Waals surface area contributed by atoms with E-state index in [0.29, 0.717) is 12.8 Å². The first kappa shape index (κ1) is 51.1. The van der Waals surface area contributed by atoms with Gasteiger partial charge in [-0.1, -0.05) is 127 Å². The Morgan fingerprint density at radius 1 is 0.564 bits per heavy atom. The number of carbonyl (C=O) groups is 2. The number of aliphatic hydroxyl groups excluding tert-OH is 5. The Morgan fingerprint density at radius 2 is 0.982 bits per heavy atom. The Bertz CT molecular complexity index is 1110. The van der Waals surface area contributed by atoms with E-state index in [4.69, 9.17) is 18.5 Å². The van der Waals surface area contributed by atoms with Gasteiger partial charge in [-0.25, -0.2) is 4.57 Å². The van der Waals surface area contributed by atoms with Gasteiger partial charge in [0.15, 0.2) is 6.10 Å². The van der Waals surface area contributed by atoms with Crippen LogP contribution in [-0.2, 0) is 32.7 Å². The quantitative estimate of drug-likeness (QED) is 0.0170. The van der Waals surface area contributed by atoms with Crippen LogP contribution in [0.15, 0.2) is 36.5 Å². The monoisotopic (exact) mass is 804 g/mol. The van der Waals surface area contributed by atoms with Crippen molar-refractivity contribution in [1.29, 1.82) is 0 Å². The molecule has 6 unspecified atom stereocenters. The number of allylic oxidation sites excluding steroid dienone is 6. The maximum atomic E-state index is 12.8. The summed E-state index contributed by atoms with van der Waals surface area (Å²) in [5.41, 5.74) is 0. The molecule has 0 saturated heterocycles. The third-order valence-electron chi connectivity index (χ3n) is 9.48. The molecule has 0 radical (unpaired) electrons. The van der Waals surface area contributed by atoms with Crippen molar-refractivity contribution >= 4 is 19.8 Å². The highest BCUT2D eigenvalue weighted by molar-refractivity contribution is 7.47. The standard InChI is InChI=1S/C41H73O13P/c1-3-5-7-9-11-13-15-16-17-18-20-22-24-26-28-30-35(43)53-33(31-51-34(42)29-27-25-23-21-19-14-12-10-8-6-4-2)32-52-55(49,50)54-41-39(47)37(45)36(44)38(46)40(41)48/h11,13,16-17,20,22,33,36-41,44-48H,3-10,12,14-15,18-19,21,23-32H2,1-2H3,(H,49,50)/b13-11-,17-16-,22-20-/t33-,36?,37-,38?,39?,40?,41?/m1/s1. The SMILES string of the molecule is CCCCC/C=C\C/C=C\C/C=C\CCCCC(=O)O[C@H](COC(=O)CCCCCCCCCCCCC)COP(=O)(O)OC1C(O)C(O)C(O)[C@@H](O)C1O. The van der Waals surface area contributed by atoms with Crippen LogP contribution >= 0.6 is 7.82 Å². The molecule has 0 aromatic rings. The van der Waals surface area contributed by atoms with Gasteiger partial charge in [0.05, 0.1) is 6.61 Å². The number of esters is 2. The molecule has 14 heteroatoms. The summed E-state index contributed by atoms with van der Waals surface area (Å²) in [6.07, 6.45) is 20.7. The zero-order chi connectivity index (χ0) is 40.7. The summed E-state index contributed by atoms with van der Waals surface area (Å²) in [5, 5.41) is 50.0. The van der Waals surface area contributed by atoms with Crippen molar-refractivity contribution in [3.63, 3.8) is 0 Å². The highest BCUT2D eigenvalue weighted by atomic mass is 31.2. The van der Waals surface area contributed by atoms with E-state index in [1.165, 1.54) is 64.2 Å². The Balaban J connectivity index is 2.55. The molecule has 6 N–H and O–H groups in total. The number of hydrogen-bond donors (Lipinski definition) is 6. The van der Waals surface area contributed by atoms with Crippen molar-refractivity contribution in [1.82, 2.24) is 0 Å². The van der Waals surface area contributed by atoms with Crippen molar-refractivity contribution < 1.29 is 63.1 Å². The fourth-order valence-corrected chi connectivity index (χ4v) is 7.03. The number of unbranched alkanes of at least 4 members (excludes halogenated alkanes) is 15. The number of phosphoric ester groups is 1. The lowest BCUT2D eigenvalue weighted by atomic mass is 9.85. The molecule has 13 nitrogen and oxygen atoms in total. The summed E-state index contributed by atoms with van der Waals surface area (Å²) >= 11 is 0. The molecular formula is C41H73O13P. The van der Waals surface area contributed by atoms with E-state index in [2.05, 4.69) is 50.3 Å². The fraction of sp³-hybridized carbons (Fsp3) is 0.805. The average Bonchev–Trinajstić information content (AvgIpc) is 3.16. The van der Waals surface area contributed by atoms with Gasteiger partial charge in [-0.3, -0.25) is 18.6 Å². The van der Waals surface area contributed by atoms with Crippen LogP contribution in [0.5, 0.6) is 0 Å². The van der Waals surface area contributed by atoms with Crippen LogP contribution < -0.4 is 0 Å². The zero-order valence-electron chi connectivity index (χ0n) is 33.5. The number of carbonyl (C=O) groups excluding carboxylic acids is 2. The minimum absolute atomic E-state index is 0.0490. The second-order valence-corrected chi connectivity index (χ2v) is 15.9. The van der Waals surface area contributed by atoms with E-state index in [1.54, 1.807) is 0 Å². The topological polar surface area (TPSA) is 210 Å². The normalized spacial score (nSPS) is 23.4. The molecule has 0 bridgehead atoms. The Labute approximate surface area is 329 Å². The summed E-state index contributed by atoms with van der Waals surface area (Å²) < 4.78 is 33.3. The maximum absolute atomic E-state index is 12.8. The minimum atomic E-state index is -5.12. The Hall–Kier alpha value is -1.93. The Kier molecular flexibility index (Phi) is 29.8. The van der Waals surface area contributed by atoms with Crippen LogP contribution in [0.4, 0.5) is 0 Å². The van der Waals surface area contributed by atoms with Crippen LogP contribution in [0.2, 0.25) is 0 Å². The maximum Gasteiger partial charge on any atom is 0.472 e. The van der Waals surface area contributed by atoms with Gasteiger partial charge in [0, 0.05) is 12.8 Å². The number of aliphatic hydroxyl groups is 5. The van der Waals surface area contributed by atoms with Crippen LogP contribution in [0.1, 0.15) is 155 Å². The van der Waals surface area contributed by atoms with Gasteiger partial charge in [-0.05, 0) is 51.4 Å². The van der Waals surface area contributed by atoms with Gasteiger partial charge in [0.25, 0.3) is 0 Å². The van der Waals surface area contributed by atoms with E-state index < -0.39 is 75.7 Å². The molecule has 0 amide bonds. The summed E-state index contributed by atoms with van der Waals surface area (Å²) in [4.78, 5) is 35.5. The first-order chi connectivity index (χ1) is 26.4. The molecule has 320 valence electrons. The van der Waals surface area contributed by atoms with Gasteiger partial charge < -0.3 is 39.9 Å². The first-order valence-corrected chi connectivity index (χ1v) is 22.3. The third-order valence-corrected chi connectivity index (χ3v) is 10.5. The van der Waals surface area contributed by atoms with Gasteiger partial charge in [-0.2, -0.15) is 0 Å². The van der Waals surface area contributed by atoms with Crippen LogP contribution in [0.25, 0.3) is 0 Å². The molecule has 1 aliphatic carbocycles. The van der Waals surface area contributed by atoms with Gasteiger partial charge >= 0.3 is 19.8 Å². The summed E-state index contributed by atoms with van der Waals surface area (Å²) in [6, 6.07) is 0. The number of ether oxygens (including phenoxy) is 2. The molecule has 1 aliphatic rings. The van der Waals surface area contributed by atoms with Gasteiger partial charge in [0.2, 0.25) is 0 Å². The minimum Gasteiger partial charge on any atom is -0.462 e. The molecule has 0 spiro atoms. The lowest BCUT2D eigenvalue weighted by Crippen LogP contribution is -2.64. The van der Waals surface area contributed by atoms with Crippen LogP contribution in [-0.4, -0.2) is 98.3 Å². The third kappa shape index (κ3) is 25.1. The van der Waals surface area contributed by atoms with E-state index in [-0.39, 0.29) is 12.8 Å². The highest BCUT2D eigenvalue weighted by Crippen LogP contribution is 2.47. The lowest BCUT2D eigenvalue weighted by molar-refractivity contribution is -0.220. The van der Waals surface area contributed by atoms with E-state index in [1.807, 2.05) is 0 Å². The van der Waals surface area contributed by atoms with Gasteiger partial charge in [0.1, 0.15) is 43.2 Å². The predicted octanol–water partition coefficient (Wildman–Crippen LogP) is 7.05. The van der Waals surface area contributed by atoms with Crippen molar-refractivity contribution in [3.05, 3.63) is 36.5 Å². The van der Waals surface area contributed by atoms with E-state index in [0.717, 1.165) is 51.4 Å². The lowest BCUT2D eigenvalue weighted by Gasteiger charge is -2.41. The summed E-state index contributed by atoms with van der Waals surface area (Å²) in [7, 11) is -5.12.